The van der Waals surface area contributed by atoms with Crippen LogP contribution in [0.15, 0.2) is 29.2 Å². The van der Waals surface area contributed by atoms with Gasteiger partial charge in [0.15, 0.2) is 9.84 Å². The highest BCUT2D eigenvalue weighted by Crippen LogP contribution is 2.43. The second kappa shape index (κ2) is 5.63. The van der Waals surface area contributed by atoms with Crippen LogP contribution in [-0.4, -0.2) is 37.2 Å². The van der Waals surface area contributed by atoms with Gasteiger partial charge in [0.2, 0.25) is 0 Å². The maximum atomic E-state index is 12.6. The summed E-state index contributed by atoms with van der Waals surface area (Å²) in [5.74, 6) is 0. The van der Waals surface area contributed by atoms with E-state index in [1.807, 2.05) is 6.92 Å². The Balaban J connectivity index is 2.18. The van der Waals surface area contributed by atoms with E-state index >= 15 is 0 Å². The highest BCUT2D eigenvalue weighted by molar-refractivity contribution is 7.92. The number of ether oxygens (including phenoxy) is 1. The zero-order valence-electron chi connectivity index (χ0n) is 13.6. The van der Waals surface area contributed by atoms with Crippen molar-refractivity contribution in [1.29, 1.82) is 0 Å². The van der Waals surface area contributed by atoms with Crippen LogP contribution in [-0.2, 0) is 19.4 Å². The predicted octanol–water partition coefficient (Wildman–Crippen LogP) is 2.00. The molecule has 0 spiro atoms. The van der Waals surface area contributed by atoms with Crippen LogP contribution in [0.2, 0.25) is 0 Å². The second-order valence-corrected chi connectivity index (χ2v) is 8.97. The quantitative estimate of drug-likeness (QED) is 0.848. The average molecular weight is 339 g/mol. The number of hydrogen-bond donors (Lipinski definition) is 1. The van der Waals surface area contributed by atoms with Gasteiger partial charge >= 0.3 is 6.09 Å². The van der Waals surface area contributed by atoms with E-state index in [2.05, 4.69) is 5.32 Å². The van der Waals surface area contributed by atoms with E-state index in [1.54, 1.807) is 32.9 Å². The Morgan fingerprint density at radius 1 is 1.30 bits per heavy atom. The standard InChI is InChI=1S/C16H21NO5S/c1-11-5-7-12(8-6-11)23(20,21)13-9-16(13,10-18)17-14(19)22-15(2,3)4/h5-8,10,13H,9H2,1-4H3,(H,17,19)/t13-,16+/m1/s1. The minimum absolute atomic E-state index is 0.0476. The number of carbonyl (C=O) groups is 2. The summed E-state index contributed by atoms with van der Waals surface area (Å²) in [5.41, 5.74) is -1.20. The van der Waals surface area contributed by atoms with Crippen LogP contribution in [0, 0.1) is 6.92 Å². The van der Waals surface area contributed by atoms with Gasteiger partial charge in [-0.1, -0.05) is 17.7 Å². The van der Waals surface area contributed by atoms with Gasteiger partial charge in [-0.05, 0) is 46.2 Å². The highest BCUT2D eigenvalue weighted by atomic mass is 32.2. The third-order valence-electron chi connectivity index (χ3n) is 3.61. The third-order valence-corrected chi connectivity index (χ3v) is 5.87. The van der Waals surface area contributed by atoms with Crippen molar-refractivity contribution in [3.63, 3.8) is 0 Å². The summed E-state index contributed by atoms with van der Waals surface area (Å²) in [6.45, 7) is 6.92. The van der Waals surface area contributed by atoms with Crippen LogP contribution >= 0.6 is 0 Å². The van der Waals surface area contributed by atoms with Crippen molar-refractivity contribution >= 4 is 22.2 Å². The Morgan fingerprint density at radius 2 is 1.87 bits per heavy atom. The number of amides is 1. The molecular weight excluding hydrogens is 318 g/mol. The number of benzene rings is 1. The molecular formula is C16H21NO5S. The number of sulfone groups is 1. The van der Waals surface area contributed by atoms with Crippen LogP contribution in [0.1, 0.15) is 32.8 Å². The van der Waals surface area contributed by atoms with Gasteiger partial charge < -0.3 is 14.8 Å². The molecule has 6 nitrogen and oxygen atoms in total. The number of rotatable bonds is 4. The van der Waals surface area contributed by atoms with Crippen LogP contribution in [0.25, 0.3) is 0 Å². The molecule has 0 aromatic heterocycles. The molecule has 1 fully saturated rings. The van der Waals surface area contributed by atoms with E-state index in [0.717, 1.165) is 5.56 Å². The summed E-state index contributed by atoms with van der Waals surface area (Å²) in [7, 11) is -3.69. The molecule has 1 saturated carbocycles. The minimum atomic E-state index is -3.69. The highest BCUT2D eigenvalue weighted by Gasteiger charge is 2.63. The number of hydrogen-bond acceptors (Lipinski definition) is 5. The lowest BCUT2D eigenvalue weighted by Gasteiger charge is -2.21. The summed E-state index contributed by atoms with van der Waals surface area (Å²) >= 11 is 0. The molecule has 1 N–H and O–H groups in total. The van der Waals surface area contributed by atoms with E-state index in [9.17, 15) is 18.0 Å². The van der Waals surface area contributed by atoms with E-state index < -0.39 is 32.3 Å². The van der Waals surface area contributed by atoms with Gasteiger partial charge in [-0.25, -0.2) is 13.2 Å². The first-order chi connectivity index (χ1) is 10.5. The van der Waals surface area contributed by atoms with Crippen molar-refractivity contribution < 1.29 is 22.7 Å². The molecule has 0 saturated heterocycles. The summed E-state index contributed by atoms with van der Waals surface area (Å²) in [6.07, 6.45) is -0.273. The fraction of sp³-hybridized carbons (Fsp3) is 0.500. The van der Waals surface area contributed by atoms with Crippen molar-refractivity contribution in [3.05, 3.63) is 29.8 Å². The SMILES string of the molecule is Cc1ccc(S(=O)(=O)[C@@H]2C[C@@]2(C=O)NC(=O)OC(C)(C)C)cc1. The molecule has 126 valence electrons. The molecule has 1 amide bonds. The van der Waals surface area contributed by atoms with Gasteiger partial charge in [0.05, 0.1) is 10.1 Å². The predicted molar refractivity (Wildman–Crippen MR) is 84.9 cm³/mol. The molecule has 0 unspecified atom stereocenters. The summed E-state index contributed by atoms with van der Waals surface area (Å²) in [4.78, 5) is 23.4. The molecule has 0 aliphatic heterocycles. The van der Waals surface area contributed by atoms with E-state index in [4.69, 9.17) is 4.74 Å². The Hall–Kier alpha value is -1.89. The Bertz CT molecular complexity index is 718. The van der Waals surface area contributed by atoms with Crippen molar-refractivity contribution in [1.82, 2.24) is 5.32 Å². The number of aryl methyl sites for hydroxylation is 1. The zero-order valence-corrected chi connectivity index (χ0v) is 14.4. The maximum absolute atomic E-state index is 12.6. The fourth-order valence-corrected chi connectivity index (χ4v) is 4.31. The zero-order chi connectivity index (χ0) is 17.5. The van der Waals surface area contributed by atoms with Crippen LogP contribution < -0.4 is 5.32 Å². The van der Waals surface area contributed by atoms with Gasteiger partial charge in [0, 0.05) is 0 Å². The summed E-state index contributed by atoms with van der Waals surface area (Å²) < 4.78 is 30.3. The number of alkyl carbamates (subject to hydrolysis) is 1. The monoisotopic (exact) mass is 339 g/mol. The average Bonchev–Trinajstić information content (AvgIpc) is 3.12. The first kappa shape index (κ1) is 17.5. The Labute approximate surface area is 136 Å². The lowest BCUT2D eigenvalue weighted by atomic mass is 10.2. The van der Waals surface area contributed by atoms with Crippen molar-refractivity contribution in [3.8, 4) is 0 Å². The first-order valence-electron chi connectivity index (χ1n) is 7.28. The lowest BCUT2D eigenvalue weighted by molar-refractivity contribution is -0.110. The molecule has 1 aromatic carbocycles. The van der Waals surface area contributed by atoms with E-state index in [1.165, 1.54) is 12.1 Å². The fourth-order valence-electron chi connectivity index (χ4n) is 2.31. The summed E-state index contributed by atoms with van der Waals surface area (Å²) in [5, 5.41) is 1.43. The molecule has 2 atom stereocenters. The van der Waals surface area contributed by atoms with E-state index in [0.29, 0.717) is 6.29 Å². The molecule has 7 heteroatoms. The van der Waals surface area contributed by atoms with Crippen LogP contribution in [0.5, 0.6) is 0 Å². The molecule has 23 heavy (non-hydrogen) atoms. The first-order valence-corrected chi connectivity index (χ1v) is 8.83. The second-order valence-electron chi connectivity index (χ2n) is 6.84. The lowest BCUT2D eigenvalue weighted by Crippen LogP contribution is -2.45. The molecule has 2 rings (SSSR count). The molecule has 1 aliphatic carbocycles. The normalized spacial score (nSPS) is 23.9. The number of carbonyl (C=O) groups excluding carboxylic acids is 2. The largest absolute Gasteiger partial charge is 0.444 e. The third kappa shape index (κ3) is 3.72. The Kier molecular flexibility index (Phi) is 4.28. The van der Waals surface area contributed by atoms with Gasteiger partial charge in [0.25, 0.3) is 0 Å². The van der Waals surface area contributed by atoms with Crippen molar-refractivity contribution in [2.24, 2.45) is 0 Å². The van der Waals surface area contributed by atoms with Crippen LogP contribution in [0.3, 0.4) is 0 Å². The maximum Gasteiger partial charge on any atom is 0.408 e. The molecule has 1 aliphatic rings. The molecule has 1 aromatic rings. The smallest absolute Gasteiger partial charge is 0.408 e. The van der Waals surface area contributed by atoms with Gasteiger partial charge in [-0.15, -0.1) is 0 Å². The van der Waals surface area contributed by atoms with Crippen LogP contribution in [0.4, 0.5) is 4.79 Å². The van der Waals surface area contributed by atoms with E-state index in [-0.39, 0.29) is 11.3 Å². The number of nitrogens with one attached hydrogen (secondary N) is 1. The van der Waals surface area contributed by atoms with Gasteiger partial charge in [0.1, 0.15) is 17.4 Å². The van der Waals surface area contributed by atoms with Crippen molar-refractivity contribution in [2.75, 3.05) is 0 Å². The minimum Gasteiger partial charge on any atom is -0.444 e. The summed E-state index contributed by atoms with van der Waals surface area (Å²) in [6, 6.07) is 6.40. The van der Waals surface area contributed by atoms with Gasteiger partial charge in [-0.2, -0.15) is 0 Å². The Morgan fingerprint density at radius 3 is 2.35 bits per heavy atom. The molecule has 0 radical (unpaired) electrons. The van der Waals surface area contributed by atoms with Crippen molar-refractivity contribution in [2.45, 2.75) is 55.4 Å². The topological polar surface area (TPSA) is 89.5 Å². The number of aldehydes is 1. The molecule has 0 heterocycles. The molecule has 0 bridgehead atoms. The van der Waals surface area contributed by atoms with Gasteiger partial charge in [-0.3, -0.25) is 0 Å².